The van der Waals surface area contributed by atoms with E-state index < -0.39 is 29.7 Å². The molecule has 1 heterocycles. The van der Waals surface area contributed by atoms with Gasteiger partial charge in [0.1, 0.15) is 0 Å². The van der Waals surface area contributed by atoms with Crippen molar-refractivity contribution in [1.82, 2.24) is 15.1 Å². The molecule has 0 unspecified atom stereocenters. The fraction of sp³-hybridized carbons (Fsp3) is 0.312. The van der Waals surface area contributed by atoms with Gasteiger partial charge >= 0.3 is 12.1 Å². The van der Waals surface area contributed by atoms with Gasteiger partial charge in [0, 0.05) is 12.4 Å². The molecule has 2 aromatic rings. The van der Waals surface area contributed by atoms with Crippen LogP contribution in [0.3, 0.4) is 0 Å². The summed E-state index contributed by atoms with van der Waals surface area (Å²) in [7, 11) is 1.14. The molecule has 0 saturated heterocycles. The quantitative estimate of drug-likeness (QED) is 0.752. The molecule has 140 valence electrons. The van der Waals surface area contributed by atoms with Crippen LogP contribution in [0.5, 0.6) is 0 Å². The van der Waals surface area contributed by atoms with Crippen LogP contribution < -0.4 is 11.1 Å². The molecule has 10 heteroatoms. The highest BCUT2D eigenvalue weighted by Crippen LogP contribution is 2.33. The van der Waals surface area contributed by atoms with Gasteiger partial charge in [0.05, 0.1) is 37.4 Å². The molecule has 7 nitrogen and oxygen atoms in total. The smallest absolute Gasteiger partial charge is 0.416 e. The first kappa shape index (κ1) is 19.4. The van der Waals surface area contributed by atoms with Crippen molar-refractivity contribution in [1.29, 1.82) is 0 Å². The molecule has 1 aromatic carbocycles. The minimum absolute atomic E-state index is 0.0810. The van der Waals surface area contributed by atoms with Crippen LogP contribution >= 0.6 is 0 Å². The first-order chi connectivity index (χ1) is 12.2. The van der Waals surface area contributed by atoms with Gasteiger partial charge < -0.3 is 15.8 Å². The Morgan fingerprint density at radius 2 is 2.08 bits per heavy atom. The second-order valence-electron chi connectivity index (χ2n) is 5.37. The molecule has 26 heavy (non-hydrogen) atoms. The monoisotopic (exact) mass is 370 g/mol. The average Bonchev–Trinajstić information content (AvgIpc) is 3.14. The number of benzene rings is 1. The molecule has 0 aliphatic heterocycles. The van der Waals surface area contributed by atoms with E-state index in [2.05, 4.69) is 15.2 Å². The Morgan fingerprint density at radius 1 is 1.35 bits per heavy atom. The zero-order chi connectivity index (χ0) is 19.3. The largest absolute Gasteiger partial charge is 0.469 e. The predicted molar refractivity (Wildman–Crippen MR) is 85.1 cm³/mol. The number of amides is 1. The number of hydrogen-bond donors (Lipinski definition) is 2. The topological polar surface area (TPSA) is 99.2 Å². The summed E-state index contributed by atoms with van der Waals surface area (Å²) in [6, 6.07) is 3.73. The Balaban J connectivity index is 2.52. The van der Waals surface area contributed by atoms with Crippen LogP contribution in [-0.4, -0.2) is 35.3 Å². The molecule has 1 amide bonds. The van der Waals surface area contributed by atoms with E-state index in [9.17, 15) is 22.8 Å². The fourth-order valence-corrected chi connectivity index (χ4v) is 2.31. The van der Waals surface area contributed by atoms with E-state index in [-0.39, 0.29) is 24.2 Å². The molecular formula is C16H17F3N4O3. The number of carbonyl (C=O) groups is 2. The van der Waals surface area contributed by atoms with E-state index in [0.717, 1.165) is 19.2 Å². The molecule has 1 aromatic heterocycles. The van der Waals surface area contributed by atoms with Crippen molar-refractivity contribution in [2.24, 2.45) is 5.73 Å². The Bertz CT molecular complexity index is 758. The first-order valence-electron chi connectivity index (χ1n) is 7.53. The lowest BCUT2D eigenvalue weighted by atomic mass is 9.99. The summed E-state index contributed by atoms with van der Waals surface area (Å²) < 4.78 is 45.6. The molecule has 0 aliphatic carbocycles. The number of aromatic nitrogens is 2. The molecule has 3 N–H and O–H groups in total. The third kappa shape index (κ3) is 4.82. The molecule has 0 radical (unpaired) electrons. The summed E-state index contributed by atoms with van der Waals surface area (Å²) in [6.07, 6.45) is -2.07. The number of carbonyl (C=O) groups excluding carboxylic acids is 2. The van der Waals surface area contributed by atoms with Crippen molar-refractivity contribution in [2.45, 2.75) is 18.6 Å². The van der Waals surface area contributed by atoms with Crippen LogP contribution in [0.25, 0.3) is 5.69 Å². The van der Waals surface area contributed by atoms with E-state index in [1.165, 1.54) is 23.1 Å². The fourth-order valence-electron chi connectivity index (χ4n) is 2.31. The lowest BCUT2D eigenvalue weighted by Crippen LogP contribution is -2.35. The zero-order valence-corrected chi connectivity index (χ0v) is 13.8. The summed E-state index contributed by atoms with van der Waals surface area (Å²) in [4.78, 5) is 23.2. The normalized spacial score (nSPS) is 12.5. The Labute approximate surface area is 146 Å². The predicted octanol–water partition coefficient (Wildman–Crippen LogP) is 1.57. The second-order valence-corrected chi connectivity index (χ2v) is 5.37. The zero-order valence-electron chi connectivity index (χ0n) is 13.8. The highest BCUT2D eigenvalue weighted by Gasteiger charge is 2.32. The van der Waals surface area contributed by atoms with Crippen LogP contribution in [-0.2, 0) is 20.5 Å². The number of ether oxygens (including phenoxy) is 1. The number of methoxy groups -OCH3 is 1. The van der Waals surface area contributed by atoms with Gasteiger partial charge in [-0.15, -0.1) is 0 Å². The van der Waals surface area contributed by atoms with E-state index >= 15 is 0 Å². The minimum atomic E-state index is -4.62. The van der Waals surface area contributed by atoms with Gasteiger partial charge in [-0.05, 0) is 29.8 Å². The second kappa shape index (κ2) is 8.00. The van der Waals surface area contributed by atoms with Crippen molar-refractivity contribution in [2.75, 3.05) is 13.7 Å². The first-order valence-corrected chi connectivity index (χ1v) is 7.53. The van der Waals surface area contributed by atoms with Gasteiger partial charge in [0.25, 0.3) is 0 Å². The molecule has 1 atom stereocenters. The molecule has 0 aliphatic rings. The molecule has 0 spiro atoms. The lowest BCUT2D eigenvalue weighted by molar-refractivity contribution is -0.141. The molecule has 0 saturated carbocycles. The van der Waals surface area contributed by atoms with Crippen molar-refractivity contribution in [3.05, 3.63) is 47.8 Å². The Hall–Kier alpha value is -2.88. The Kier molecular flexibility index (Phi) is 5.98. The van der Waals surface area contributed by atoms with Crippen molar-refractivity contribution >= 4 is 11.9 Å². The molecule has 2 rings (SSSR count). The van der Waals surface area contributed by atoms with Crippen molar-refractivity contribution < 1.29 is 27.5 Å². The van der Waals surface area contributed by atoms with E-state index in [1.54, 1.807) is 6.07 Å². The molecule has 0 fully saturated rings. The van der Waals surface area contributed by atoms with Crippen molar-refractivity contribution in [3.8, 4) is 5.69 Å². The summed E-state index contributed by atoms with van der Waals surface area (Å²) in [6.45, 7) is -0.372. The third-order valence-corrected chi connectivity index (χ3v) is 3.56. The van der Waals surface area contributed by atoms with Crippen LogP contribution in [0.15, 0.2) is 36.7 Å². The van der Waals surface area contributed by atoms with Gasteiger partial charge in [0.2, 0.25) is 5.91 Å². The Morgan fingerprint density at radius 3 is 2.62 bits per heavy atom. The summed E-state index contributed by atoms with van der Waals surface area (Å²) in [5.74, 6) is -1.30. The highest BCUT2D eigenvalue weighted by molar-refractivity contribution is 5.79. The molecular weight excluding hydrogens is 353 g/mol. The van der Waals surface area contributed by atoms with Gasteiger partial charge in [-0.25, -0.2) is 4.68 Å². The van der Waals surface area contributed by atoms with Crippen LogP contribution in [0.2, 0.25) is 0 Å². The van der Waals surface area contributed by atoms with E-state index in [4.69, 9.17) is 5.73 Å². The van der Waals surface area contributed by atoms with Gasteiger partial charge in [-0.1, -0.05) is 0 Å². The number of rotatable bonds is 6. The third-order valence-electron chi connectivity index (χ3n) is 3.56. The van der Waals surface area contributed by atoms with Crippen LogP contribution in [0.1, 0.15) is 23.6 Å². The number of halogens is 3. The van der Waals surface area contributed by atoms with E-state index in [0.29, 0.717) is 0 Å². The number of hydrogen-bond acceptors (Lipinski definition) is 5. The maximum absolute atomic E-state index is 13.3. The number of alkyl halides is 3. The average molecular weight is 370 g/mol. The van der Waals surface area contributed by atoms with Gasteiger partial charge in [-0.3, -0.25) is 9.59 Å². The van der Waals surface area contributed by atoms with Gasteiger partial charge in [0.15, 0.2) is 0 Å². The minimum Gasteiger partial charge on any atom is -0.469 e. The van der Waals surface area contributed by atoms with E-state index in [1.807, 2.05) is 0 Å². The van der Waals surface area contributed by atoms with Crippen molar-refractivity contribution in [3.63, 3.8) is 0 Å². The summed E-state index contributed by atoms with van der Waals surface area (Å²) in [5.41, 5.74) is 4.53. The standard InChI is InChI=1S/C16H17F3N4O3/c1-26-15(25)8-13(22-14(24)9-20)10-5-11(16(17,18)19)7-12(6-10)23-4-2-3-21-23/h2-7,13H,8-9,20H2,1H3,(H,22,24)/t13-/m0/s1. The molecule has 0 bridgehead atoms. The lowest BCUT2D eigenvalue weighted by Gasteiger charge is -2.20. The van der Waals surface area contributed by atoms with Crippen LogP contribution in [0.4, 0.5) is 13.2 Å². The maximum atomic E-state index is 13.3. The number of nitrogens with zero attached hydrogens (tertiary/aromatic N) is 2. The number of nitrogens with two attached hydrogens (primary N) is 1. The SMILES string of the molecule is COC(=O)C[C@H](NC(=O)CN)c1cc(-n2cccn2)cc(C(F)(F)F)c1. The van der Waals surface area contributed by atoms with Gasteiger partial charge in [-0.2, -0.15) is 18.3 Å². The van der Waals surface area contributed by atoms with Crippen LogP contribution in [0, 0.1) is 0 Å². The summed E-state index contributed by atoms with van der Waals surface area (Å²) >= 11 is 0. The number of nitrogens with one attached hydrogen (secondary N) is 1. The maximum Gasteiger partial charge on any atom is 0.416 e. The summed E-state index contributed by atoms with van der Waals surface area (Å²) in [5, 5.41) is 6.35. The number of esters is 1. The highest BCUT2D eigenvalue weighted by atomic mass is 19.4.